The predicted octanol–water partition coefficient (Wildman–Crippen LogP) is 3.87. The summed E-state index contributed by atoms with van der Waals surface area (Å²) >= 11 is 3.54. The van der Waals surface area contributed by atoms with E-state index in [1.165, 1.54) is 11.4 Å². The topological polar surface area (TPSA) is 15.3 Å². The lowest BCUT2D eigenvalue weighted by Crippen LogP contribution is -2.50. The van der Waals surface area contributed by atoms with Gasteiger partial charge in [0.2, 0.25) is 0 Å². The third kappa shape index (κ3) is 2.19. The number of halogens is 1. The summed E-state index contributed by atoms with van der Waals surface area (Å²) in [7, 11) is 0. The van der Waals surface area contributed by atoms with E-state index < -0.39 is 0 Å². The second-order valence-corrected chi connectivity index (χ2v) is 6.31. The van der Waals surface area contributed by atoms with Crippen molar-refractivity contribution in [3.63, 3.8) is 0 Å². The van der Waals surface area contributed by atoms with Gasteiger partial charge >= 0.3 is 0 Å². The van der Waals surface area contributed by atoms with Crippen LogP contribution in [0.3, 0.4) is 0 Å². The molecule has 0 atom stereocenters. The summed E-state index contributed by atoms with van der Waals surface area (Å²) < 4.78 is 1.14. The van der Waals surface area contributed by atoms with E-state index in [4.69, 9.17) is 0 Å². The summed E-state index contributed by atoms with van der Waals surface area (Å²) in [5.74, 6) is 0. The lowest BCUT2D eigenvalue weighted by Gasteiger charge is -2.44. The molecule has 1 aliphatic rings. The van der Waals surface area contributed by atoms with Crippen LogP contribution >= 0.6 is 15.9 Å². The first-order chi connectivity index (χ1) is 7.39. The Morgan fingerprint density at radius 2 is 2.06 bits per heavy atom. The molecule has 1 N–H and O–H groups in total. The molecular formula is C13H19BrN2. The maximum absolute atomic E-state index is 3.59. The third-order valence-corrected chi connectivity index (χ3v) is 3.42. The van der Waals surface area contributed by atoms with Crippen LogP contribution in [0.1, 0.15) is 27.7 Å². The highest BCUT2D eigenvalue weighted by atomic mass is 79.9. The molecule has 16 heavy (non-hydrogen) atoms. The molecular weight excluding hydrogens is 264 g/mol. The molecule has 2 rings (SSSR count). The molecule has 0 unspecified atom stereocenters. The Morgan fingerprint density at radius 1 is 1.38 bits per heavy atom. The smallest absolute Gasteiger partial charge is 0.0616 e. The van der Waals surface area contributed by atoms with E-state index in [2.05, 4.69) is 72.0 Å². The van der Waals surface area contributed by atoms with Crippen molar-refractivity contribution in [1.29, 1.82) is 0 Å². The molecule has 3 heteroatoms. The van der Waals surface area contributed by atoms with Crippen LogP contribution in [-0.4, -0.2) is 18.1 Å². The fourth-order valence-electron chi connectivity index (χ4n) is 2.22. The number of benzene rings is 1. The molecule has 0 bridgehead atoms. The van der Waals surface area contributed by atoms with Gasteiger partial charge in [-0.15, -0.1) is 0 Å². The van der Waals surface area contributed by atoms with Crippen LogP contribution in [-0.2, 0) is 0 Å². The summed E-state index contributed by atoms with van der Waals surface area (Å²) in [5.41, 5.74) is 2.65. The fraction of sp³-hybridized carbons (Fsp3) is 0.538. The highest BCUT2D eigenvalue weighted by molar-refractivity contribution is 9.10. The molecule has 0 saturated heterocycles. The molecule has 1 heterocycles. The van der Waals surface area contributed by atoms with Crippen molar-refractivity contribution in [2.75, 3.05) is 16.8 Å². The fourth-order valence-corrected chi connectivity index (χ4v) is 2.57. The van der Waals surface area contributed by atoms with Crippen molar-refractivity contribution < 1.29 is 0 Å². The van der Waals surface area contributed by atoms with Crippen LogP contribution in [0, 0.1) is 0 Å². The van der Waals surface area contributed by atoms with Gasteiger partial charge in [0, 0.05) is 22.6 Å². The number of hydrogen-bond donors (Lipinski definition) is 1. The minimum Gasteiger partial charge on any atom is -0.377 e. The molecule has 0 fully saturated rings. The lowest BCUT2D eigenvalue weighted by molar-refractivity contribution is 0.506. The average Bonchev–Trinajstić information content (AvgIpc) is 2.16. The first-order valence-electron chi connectivity index (χ1n) is 5.73. The number of nitrogens with one attached hydrogen (secondary N) is 1. The lowest BCUT2D eigenvalue weighted by atomic mass is 9.98. The van der Waals surface area contributed by atoms with Crippen molar-refractivity contribution in [1.82, 2.24) is 0 Å². The predicted molar refractivity (Wildman–Crippen MR) is 74.3 cm³/mol. The zero-order valence-electron chi connectivity index (χ0n) is 10.3. The standard InChI is InChI=1S/C13H19BrN2/c1-9(2)16-8-13(3,4)15-11-6-5-10(14)7-12(11)16/h5-7,9,15H,8H2,1-4H3. The van der Waals surface area contributed by atoms with E-state index in [1.807, 2.05) is 0 Å². The van der Waals surface area contributed by atoms with E-state index in [0.717, 1.165) is 11.0 Å². The molecule has 2 nitrogen and oxygen atoms in total. The van der Waals surface area contributed by atoms with Gasteiger partial charge in [-0.05, 0) is 45.9 Å². The second-order valence-electron chi connectivity index (χ2n) is 5.39. The van der Waals surface area contributed by atoms with E-state index in [-0.39, 0.29) is 5.54 Å². The van der Waals surface area contributed by atoms with Crippen molar-refractivity contribution in [2.24, 2.45) is 0 Å². The number of hydrogen-bond acceptors (Lipinski definition) is 2. The maximum Gasteiger partial charge on any atom is 0.0616 e. The summed E-state index contributed by atoms with van der Waals surface area (Å²) in [6, 6.07) is 6.95. The first-order valence-corrected chi connectivity index (χ1v) is 6.53. The highest BCUT2D eigenvalue weighted by Crippen LogP contribution is 2.37. The quantitative estimate of drug-likeness (QED) is 0.841. The van der Waals surface area contributed by atoms with E-state index >= 15 is 0 Å². The van der Waals surface area contributed by atoms with Crippen molar-refractivity contribution in [3.8, 4) is 0 Å². The van der Waals surface area contributed by atoms with Crippen molar-refractivity contribution >= 4 is 27.3 Å². The monoisotopic (exact) mass is 282 g/mol. The highest BCUT2D eigenvalue weighted by Gasteiger charge is 2.30. The van der Waals surface area contributed by atoms with Gasteiger partial charge in [0.05, 0.1) is 11.4 Å². The van der Waals surface area contributed by atoms with Crippen LogP contribution in [0.25, 0.3) is 0 Å². The van der Waals surface area contributed by atoms with Crippen LogP contribution < -0.4 is 10.2 Å². The van der Waals surface area contributed by atoms with E-state index in [1.54, 1.807) is 0 Å². The minimum absolute atomic E-state index is 0.130. The molecule has 0 aliphatic carbocycles. The molecule has 0 radical (unpaired) electrons. The van der Waals surface area contributed by atoms with E-state index in [9.17, 15) is 0 Å². The van der Waals surface area contributed by atoms with Crippen LogP contribution in [0.2, 0.25) is 0 Å². The molecule has 0 amide bonds. The van der Waals surface area contributed by atoms with Gasteiger partial charge < -0.3 is 10.2 Å². The van der Waals surface area contributed by atoms with Gasteiger partial charge in [0.25, 0.3) is 0 Å². The summed E-state index contributed by atoms with van der Waals surface area (Å²) in [4.78, 5) is 2.45. The third-order valence-electron chi connectivity index (χ3n) is 2.93. The molecule has 1 aromatic rings. The Hall–Kier alpha value is -0.700. The SMILES string of the molecule is CC(C)N1CC(C)(C)Nc2ccc(Br)cc21. The van der Waals surface area contributed by atoms with Gasteiger partial charge in [-0.3, -0.25) is 0 Å². The normalized spacial score (nSPS) is 18.2. The molecule has 1 aliphatic heterocycles. The van der Waals surface area contributed by atoms with Gasteiger partial charge in [-0.1, -0.05) is 15.9 Å². The number of rotatable bonds is 1. The maximum atomic E-state index is 3.59. The van der Waals surface area contributed by atoms with Crippen molar-refractivity contribution in [2.45, 2.75) is 39.3 Å². The summed E-state index contributed by atoms with van der Waals surface area (Å²) in [6.07, 6.45) is 0. The Balaban J connectivity index is 2.47. The minimum atomic E-state index is 0.130. The molecule has 88 valence electrons. The Bertz CT molecular complexity index is 399. The van der Waals surface area contributed by atoms with Crippen LogP contribution in [0.15, 0.2) is 22.7 Å². The van der Waals surface area contributed by atoms with Crippen molar-refractivity contribution in [3.05, 3.63) is 22.7 Å². The number of anilines is 2. The summed E-state index contributed by atoms with van der Waals surface area (Å²) in [6.45, 7) is 10.0. The number of fused-ring (bicyclic) bond motifs is 1. The van der Waals surface area contributed by atoms with Crippen LogP contribution in [0.5, 0.6) is 0 Å². The average molecular weight is 283 g/mol. The first kappa shape index (κ1) is 11.8. The Morgan fingerprint density at radius 3 is 2.69 bits per heavy atom. The zero-order chi connectivity index (χ0) is 11.9. The zero-order valence-corrected chi connectivity index (χ0v) is 11.9. The second kappa shape index (κ2) is 3.95. The Kier molecular flexibility index (Phi) is 2.91. The van der Waals surface area contributed by atoms with Crippen LogP contribution in [0.4, 0.5) is 11.4 Å². The molecule has 0 aromatic heterocycles. The van der Waals surface area contributed by atoms with Gasteiger partial charge in [-0.2, -0.15) is 0 Å². The Labute approximate surface area is 106 Å². The largest absolute Gasteiger partial charge is 0.377 e. The molecule has 0 saturated carbocycles. The number of nitrogens with zero attached hydrogens (tertiary/aromatic N) is 1. The van der Waals surface area contributed by atoms with Gasteiger partial charge in [0.15, 0.2) is 0 Å². The molecule has 1 aromatic carbocycles. The van der Waals surface area contributed by atoms with E-state index in [0.29, 0.717) is 6.04 Å². The molecule has 0 spiro atoms. The summed E-state index contributed by atoms with van der Waals surface area (Å²) in [5, 5.41) is 3.59. The van der Waals surface area contributed by atoms with Gasteiger partial charge in [0.1, 0.15) is 0 Å². The van der Waals surface area contributed by atoms with Gasteiger partial charge in [-0.25, -0.2) is 0 Å².